The Labute approximate surface area is 162 Å². The number of hydrogen-bond acceptors (Lipinski definition) is 4. The molecule has 0 aromatic heterocycles. The summed E-state index contributed by atoms with van der Waals surface area (Å²) in [6.45, 7) is 2.65. The Kier molecular flexibility index (Phi) is 6.07. The van der Waals surface area contributed by atoms with Crippen LogP contribution in [0.5, 0.6) is 0 Å². The molecule has 9 heteroatoms. The molecule has 0 saturated carbocycles. The highest BCUT2D eigenvalue weighted by Gasteiger charge is 2.33. The zero-order valence-corrected chi connectivity index (χ0v) is 16.1. The van der Waals surface area contributed by atoms with Gasteiger partial charge in [-0.3, -0.25) is 9.69 Å². The minimum absolute atomic E-state index is 0.147. The number of amides is 1. The van der Waals surface area contributed by atoms with Crippen LogP contribution in [0, 0.1) is 11.6 Å². The van der Waals surface area contributed by atoms with Crippen molar-refractivity contribution in [1.29, 1.82) is 0 Å². The van der Waals surface area contributed by atoms with Crippen LogP contribution in [-0.4, -0.2) is 55.8 Å². The van der Waals surface area contributed by atoms with Gasteiger partial charge in [0.25, 0.3) is 0 Å². The van der Waals surface area contributed by atoms with Crippen molar-refractivity contribution in [2.24, 2.45) is 0 Å². The van der Waals surface area contributed by atoms with Crippen LogP contribution in [0.1, 0.15) is 6.92 Å². The maximum absolute atomic E-state index is 13.9. The maximum Gasteiger partial charge on any atom is 0.246 e. The SMILES string of the molecule is C[C@H](C(=O)Nc1cccc(F)c1)N1CCN(S(=O)(=O)c2ccccc2F)CC1. The third-order valence-electron chi connectivity index (χ3n) is 4.75. The van der Waals surface area contributed by atoms with Crippen molar-refractivity contribution in [1.82, 2.24) is 9.21 Å². The molecule has 150 valence electrons. The van der Waals surface area contributed by atoms with Gasteiger partial charge in [-0.15, -0.1) is 0 Å². The van der Waals surface area contributed by atoms with Gasteiger partial charge in [0.2, 0.25) is 15.9 Å². The van der Waals surface area contributed by atoms with E-state index in [1.54, 1.807) is 13.0 Å². The van der Waals surface area contributed by atoms with Crippen molar-refractivity contribution in [2.75, 3.05) is 31.5 Å². The average Bonchev–Trinajstić information content (AvgIpc) is 2.67. The van der Waals surface area contributed by atoms with Crippen molar-refractivity contribution in [3.63, 3.8) is 0 Å². The van der Waals surface area contributed by atoms with Crippen molar-refractivity contribution in [3.8, 4) is 0 Å². The summed E-state index contributed by atoms with van der Waals surface area (Å²) in [7, 11) is -3.93. The summed E-state index contributed by atoms with van der Waals surface area (Å²) in [5.74, 6) is -1.54. The molecule has 0 bridgehead atoms. The molecule has 0 unspecified atom stereocenters. The zero-order valence-electron chi connectivity index (χ0n) is 15.3. The van der Waals surface area contributed by atoms with Crippen LogP contribution in [-0.2, 0) is 14.8 Å². The zero-order chi connectivity index (χ0) is 20.3. The number of nitrogens with zero attached hydrogens (tertiary/aromatic N) is 2. The molecule has 1 heterocycles. The van der Waals surface area contributed by atoms with Gasteiger partial charge in [0.1, 0.15) is 16.5 Å². The lowest BCUT2D eigenvalue weighted by atomic mass is 10.2. The molecule has 1 N–H and O–H groups in total. The first kappa shape index (κ1) is 20.4. The monoisotopic (exact) mass is 409 g/mol. The summed E-state index contributed by atoms with van der Waals surface area (Å²) >= 11 is 0. The molecule has 1 atom stereocenters. The third kappa shape index (κ3) is 4.37. The van der Waals surface area contributed by atoms with E-state index < -0.39 is 27.7 Å². The van der Waals surface area contributed by atoms with Crippen LogP contribution >= 0.6 is 0 Å². The molecule has 0 aliphatic carbocycles. The number of anilines is 1. The molecule has 1 fully saturated rings. The fourth-order valence-electron chi connectivity index (χ4n) is 3.10. The minimum atomic E-state index is -3.93. The second kappa shape index (κ2) is 8.34. The molecule has 1 amide bonds. The number of carbonyl (C=O) groups excluding carboxylic acids is 1. The number of halogens is 2. The number of hydrogen-bond donors (Lipinski definition) is 1. The number of carbonyl (C=O) groups is 1. The van der Waals surface area contributed by atoms with Crippen LogP contribution in [0.15, 0.2) is 53.4 Å². The Morgan fingerprint density at radius 2 is 1.71 bits per heavy atom. The topological polar surface area (TPSA) is 69.7 Å². The lowest BCUT2D eigenvalue weighted by Crippen LogP contribution is -2.54. The molecular weight excluding hydrogens is 388 g/mol. The summed E-state index contributed by atoms with van der Waals surface area (Å²) < 4.78 is 53.6. The van der Waals surface area contributed by atoms with Gasteiger partial charge >= 0.3 is 0 Å². The molecule has 0 radical (unpaired) electrons. The molecule has 2 aromatic carbocycles. The first-order valence-corrected chi connectivity index (χ1v) is 10.3. The first-order valence-electron chi connectivity index (χ1n) is 8.84. The molecule has 0 spiro atoms. The van der Waals surface area contributed by atoms with E-state index >= 15 is 0 Å². The van der Waals surface area contributed by atoms with E-state index in [0.717, 1.165) is 6.07 Å². The predicted octanol–water partition coefficient (Wildman–Crippen LogP) is 2.30. The molecule has 2 aromatic rings. The lowest BCUT2D eigenvalue weighted by Gasteiger charge is -2.36. The summed E-state index contributed by atoms with van der Waals surface area (Å²) in [5.41, 5.74) is 0.359. The summed E-state index contributed by atoms with van der Waals surface area (Å²) in [6.07, 6.45) is 0. The number of nitrogens with one attached hydrogen (secondary N) is 1. The minimum Gasteiger partial charge on any atom is -0.325 e. The molecule has 28 heavy (non-hydrogen) atoms. The van der Waals surface area contributed by atoms with E-state index in [0.29, 0.717) is 18.8 Å². The largest absolute Gasteiger partial charge is 0.325 e. The van der Waals surface area contributed by atoms with Gasteiger partial charge in [0, 0.05) is 31.9 Å². The second-order valence-electron chi connectivity index (χ2n) is 6.55. The second-order valence-corrected chi connectivity index (χ2v) is 8.45. The molecule has 6 nitrogen and oxygen atoms in total. The van der Waals surface area contributed by atoms with Crippen molar-refractivity contribution in [2.45, 2.75) is 17.9 Å². The van der Waals surface area contributed by atoms with Crippen molar-refractivity contribution in [3.05, 3.63) is 60.2 Å². The van der Waals surface area contributed by atoms with E-state index in [1.807, 2.05) is 4.90 Å². The van der Waals surface area contributed by atoms with E-state index in [9.17, 15) is 22.0 Å². The first-order chi connectivity index (χ1) is 13.3. The fourth-order valence-corrected chi connectivity index (χ4v) is 4.59. The van der Waals surface area contributed by atoms with Crippen molar-refractivity contribution >= 4 is 21.6 Å². The van der Waals surface area contributed by atoms with E-state index in [2.05, 4.69) is 5.32 Å². The van der Waals surface area contributed by atoms with Gasteiger partial charge in [0.05, 0.1) is 6.04 Å². The maximum atomic E-state index is 13.9. The molecular formula is C19H21F2N3O3S. The predicted molar refractivity (Wildman–Crippen MR) is 101 cm³/mol. The quantitative estimate of drug-likeness (QED) is 0.823. The third-order valence-corrected chi connectivity index (χ3v) is 6.68. The van der Waals surface area contributed by atoms with E-state index in [-0.39, 0.29) is 23.9 Å². The van der Waals surface area contributed by atoms with E-state index in [1.165, 1.54) is 40.7 Å². The van der Waals surface area contributed by atoms with Crippen molar-refractivity contribution < 1.29 is 22.0 Å². The molecule has 3 rings (SSSR count). The summed E-state index contributed by atoms with van der Waals surface area (Å²) in [6, 6.07) is 10.3. The standard InChI is InChI=1S/C19H21F2N3O3S/c1-14(19(25)22-16-6-4-5-15(20)13-16)23-9-11-24(12-10-23)28(26,27)18-8-3-2-7-17(18)21/h2-8,13-14H,9-12H2,1H3,(H,22,25)/t14-/m1/s1. The number of piperazine rings is 1. The Hall–Kier alpha value is -2.36. The summed E-state index contributed by atoms with van der Waals surface area (Å²) in [4.78, 5) is 13.9. The Morgan fingerprint density at radius 3 is 2.36 bits per heavy atom. The van der Waals surface area contributed by atoms with Gasteiger partial charge in [-0.05, 0) is 37.3 Å². The highest BCUT2D eigenvalue weighted by Crippen LogP contribution is 2.21. The van der Waals surface area contributed by atoms with Crippen LogP contribution in [0.2, 0.25) is 0 Å². The van der Waals surface area contributed by atoms with Crippen LogP contribution in [0.4, 0.5) is 14.5 Å². The van der Waals surface area contributed by atoms with E-state index in [4.69, 9.17) is 0 Å². The van der Waals surface area contributed by atoms with Crippen LogP contribution in [0.25, 0.3) is 0 Å². The lowest BCUT2D eigenvalue weighted by molar-refractivity contribution is -0.121. The Morgan fingerprint density at radius 1 is 1.04 bits per heavy atom. The van der Waals surface area contributed by atoms with Crippen LogP contribution < -0.4 is 5.32 Å². The molecule has 1 saturated heterocycles. The normalized spacial score (nSPS) is 17.2. The highest BCUT2D eigenvalue weighted by atomic mass is 32.2. The Bertz CT molecular complexity index is 960. The van der Waals surface area contributed by atoms with Gasteiger partial charge in [-0.1, -0.05) is 18.2 Å². The number of rotatable bonds is 5. The van der Waals surface area contributed by atoms with Gasteiger partial charge < -0.3 is 5.32 Å². The fraction of sp³-hybridized carbons (Fsp3) is 0.316. The summed E-state index contributed by atoms with van der Waals surface area (Å²) in [5, 5.41) is 2.65. The van der Waals surface area contributed by atoms with Gasteiger partial charge in [0.15, 0.2) is 0 Å². The molecule has 1 aliphatic rings. The number of sulfonamides is 1. The Balaban J connectivity index is 1.61. The molecule has 1 aliphatic heterocycles. The highest BCUT2D eigenvalue weighted by molar-refractivity contribution is 7.89. The van der Waals surface area contributed by atoms with Gasteiger partial charge in [-0.25, -0.2) is 17.2 Å². The number of benzene rings is 2. The van der Waals surface area contributed by atoms with Crippen LogP contribution in [0.3, 0.4) is 0 Å². The average molecular weight is 409 g/mol. The van der Waals surface area contributed by atoms with Gasteiger partial charge in [-0.2, -0.15) is 4.31 Å². The smallest absolute Gasteiger partial charge is 0.246 e.